The molecule has 4 aromatic carbocycles. The van der Waals surface area contributed by atoms with Crippen LogP contribution in [0.15, 0.2) is 121 Å². The van der Waals surface area contributed by atoms with E-state index in [0.29, 0.717) is 22.6 Å². The van der Waals surface area contributed by atoms with Crippen LogP contribution in [0.5, 0.6) is 0 Å². The van der Waals surface area contributed by atoms with Crippen LogP contribution < -0.4 is 0 Å². The number of hydrogen-bond donors (Lipinski definition) is 0. The van der Waals surface area contributed by atoms with Gasteiger partial charge in [-0.25, -0.2) is 4.31 Å². The molecule has 2 saturated heterocycles. The van der Waals surface area contributed by atoms with Crippen molar-refractivity contribution >= 4 is 15.6 Å². The summed E-state index contributed by atoms with van der Waals surface area (Å²) in [6, 6.07) is 44.8. The standard InChI is InChI=1S/C33H35OP2/c1-36(32(28-18-10-4-11-19-28)24-25-33(36)29-20-12-5-13-21-29)34-35-30(26-14-6-2-7-15-26)22-23-31(35)27-16-8-3-9-17-27/h2-21,30-33H,22-25H2,1H3/q+1/t30-,31-,32-,33-/m0/s1. The topological polar surface area (TPSA) is 9.23 Å². The molecule has 0 unspecified atom stereocenters. The van der Waals surface area contributed by atoms with Crippen molar-refractivity contribution < 1.29 is 4.31 Å². The predicted octanol–water partition coefficient (Wildman–Crippen LogP) is 10.5. The van der Waals surface area contributed by atoms with E-state index in [2.05, 4.69) is 128 Å². The molecule has 0 amide bonds. The zero-order valence-corrected chi connectivity index (χ0v) is 22.8. The van der Waals surface area contributed by atoms with Crippen molar-refractivity contribution in [2.75, 3.05) is 6.66 Å². The van der Waals surface area contributed by atoms with Gasteiger partial charge in [-0.05, 0) is 47.9 Å². The van der Waals surface area contributed by atoms with Gasteiger partial charge in [-0.15, -0.1) is 0 Å². The second kappa shape index (κ2) is 10.6. The van der Waals surface area contributed by atoms with E-state index < -0.39 is 15.6 Å². The van der Waals surface area contributed by atoms with Gasteiger partial charge in [0.05, 0.1) is 14.8 Å². The van der Waals surface area contributed by atoms with Crippen LogP contribution in [0.25, 0.3) is 0 Å². The summed E-state index contributed by atoms with van der Waals surface area (Å²) in [5, 5.41) is 0. The third-order valence-electron chi connectivity index (χ3n) is 8.29. The number of hydrogen-bond acceptors (Lipinski definition) is 1. The van der Waals surface area contributed by atoms with E-state index in [-0.39, 0.29) is 0 Å². The van der Waals surface area contributed by atoms with Crippen molar-refractivity contribution in [3.8, 4) is 0 Å². The first-order valence-corrected chi connectivity index (χ1v) is 17.0. The molecule has 6 rings (SSSR count). The molecule has 182 valence electrons. The third kappa shape index (κ3) is 4.59. The Morgan fingerprint density at radius 3 is 1.19 bits per heavy atom. The summed E-state index contributed by atoms with van der Waals surface area (Å²) >= 11 is 0. The second-order valence-corrected chi connectivity index (χ2v) is 16.3. The lowest BCUT2D eigenvalue weighted by Gasteiger charge is -2.35. The van der Waals surface area contributed by atoms with E-state index in [0.717, 1.165) is 0 Å². The van der Waals surface area contributed by atoms with Gasteiger partial charge in [0, 0.05) is 11.3 Å². The molecule has 2 heterocycles. The van der Waals surface area contributed by atoms with E-state index in [1.807, 2.05) is 0 Å². The second-order valence-electron chi connectivity index (χ2n) is 10.4. The van der Waals surface area contributed by atoms with Crippen LogP contribution in [0.2, 0.25) is 0 Å². The van der Waals surface area contributed by atoms with E-state index in [1.165, 1.54) is 47.9 Å². The minimum atomic E-state index is -1.82. The van der Waals surface area contributed by atoms with Gasteiger partial charge in [-0.3, -0.25) is 0 Å². The van der Waals surface area contributed by atoms with Gasteiger partial charge in [0.2, 0.25) is 0 Å². The lowest BCUT2D eigenvalue weighted by molar-refractivity contribution is 0.626. The Labute approximate surface area is 218 Å². The summed E-state index contributed by atoms with van der Waals surface area (Å²) in [7, 11) is -2.49. The number of benzene rings is 4. The van der Waals surface area contributed by atoms with Gasteiger partial charge < -0.3 is 0 Å². The maximum atomic E-state index is 7.80. The Balaban J connectivity index is 1.43. The van der Waals surface area contributed by atoms with Crippen LogP contribution >= 0.6 is 15.6 Å². The van der Waals surface area contributed by atoms with E-state index >= 15 is 0 Å². The van der Waals surface area contributed by atoms with Crippen molar-refractivity contribution in [1.82, 2.24) is 0 Å². The van der Waals surface area contributed by atoms with E-state index in [1.54, 1.807) is 0 Å². The Bertz CT molecular complexity index is 1150. The summed E-state index contributed by atoms with van der Waals surface area (Å²) in [5.74, 6) is 0. The predicted molar refractivity (Wildman–Crippen MR) is 156 cm³/mol. The zero-order chi connectivity index (χ0) is 24.4. The Morgan fingerprint density at radius 2 is 0.833 bits per heavy atom. The molecule has 36 heavy (non-hydrogen) atoms. The van der Waals surface area contributed by atoms with Crippen LogP contribution in [-0.2, 0) is 4.31 Å². The smallest absolute Gasteiger partial charge is 0.162 e. The van der Waals surface area contributed by atoms with Crippen LogP contribution in [0.1, 0.15) is 70.6 Å². The molecule has 0 radical (unpaired) electrons. The molecule has 0 N–H and O–H groups in total. The molecule has 4 aromatic rings. The fourth-order valence-electron chi connectivity index (χ4n) is 6.52. The monoisotopic (exact) mass is 509 g/mol. The normalized spacial score (nSPS) is 25.7. The van der Waals surface area contributed by atoms with Crippen molar-refractivity contribution in [1.29, 1.82) is 0 Å². The van der Waals surface area contributed by atoms with Crippen LogP contribution in [0, 0.1) is 0 Å². The molecule has 4 atom stereocenters. The lowest BCUT2D eigenvalue weighted by Crippen LogP contribution is -2.09. The minimum absolute atomic E-state index is 0.497. The highest BCUT2D eigenvalue weighted by atomic mass is 31.2. The van der Waals surface area contributed by atoms with Gasteiger partial charge in [-0.1, -0.05) is 121 Å². The van der Waals surface area contributed by atoms with Crippen molar-refractivity contribution in [3.05, 3.63) is 144 Å². The summed E-state index contributed by atoms with van der Waals surface area (Å²) in [4.78, 5) is 0. The van der Waals surface area contributed by atoms with Gasteiger partial charge in [0.25, 0.3) is 0 Å². The van der Waals surface area contributed by atoms with Crippen LogP contribution in [0.3, 0.4) is 0 Å². The maximum Gasteiger partial charge on any atom is 0.162 e. The molecule has 2 aliphatic heterocycles. The van der Waals surface area contributed by atoms with Crippen molar-refractivity contribution in [3.63, 3.8) is 0 Å². The van der Waals surface area contributed by atoms with Crippen molar-refractivity contribution in [2.24, 2.45) is 0 Å². The molecule has 1 nitrogen and oxygen atoms in total. The molecular weight excluding hydrogens is 474 g/mol. The van der Waals surface area contributed by atoms with E-state index in [4.69, 9.17) is 4.31 Å². The summed E-state index contributed by atoms with van der Waals surface area (Å²) in [6.45, 7) is 2.54. The third-order valence-corrected chi connectivity index (χ3v) is 16.4. The molecule has 0 spiro atoms. The van der Waals surface area contributed by atoms with Gasteiger partial charge in [0.1, 0.15) is 11.3 Å². The SMILES string of the molecule is C[P+]1(OP2[C@H](c3ccccc3)CC[C@H]2c2ccccc2)[C@H](c2ccccc2)CC[C@H]1c1ccccc1. The average Bonchev–Trinajstić information content (AvgIpc) is 3.51. The lowest BCUT2D eigenvalue weighted by atomic mass is 10.0. The minimum Gasteiger partial charge on any atom is -0.217 e. The van der Waals surface area contributed by atoms with Gasteiger partial charge in [-0.2, -0.15) is 0 Å². The Morgan fingerprint density at radius 1 is 0.500 bits per heavy atom. The highest BCUT2D eigenvalue weighted by Gasteiger charge is 2.60. The Hall–Kier alpha value is -2.30. The first-order valence-electron chi connectivity index (χ1n) is 13.3. The molecular formula is C33H35OP2+. The van der Waals surface area contributed by atoms with Gasteiger partial charge >= 0.3 is 0 Å². The molecule has 0 aliphatic carbocycles. The fourth-order valence-corrected chi connectivity index (χ4v) is 15.4. The van der Waals surface area contributed by atoms with Gasteiger partial charge in [0.15, 0.2) is 7.49 Å². The van der Waals surface area contributed by atoms with Crippen LogP contribution in [-0.4, -0.2) is 6.66 Å². The summed E-state index contributed by atoms with van der Waals surface area (Å²) in [6.07, 6.45) is 4.84. The Kier molecular flexibility index (Phi) is 7.08. The highest BCUT2D eigenvalue weighted by molar-refractivity contribution is 7.78. The van der Waals surface area contributed by atoms with Crippen molar-refractivity contribution in [2.45, 2.75) is 48.3 Å². The molecule has 0 bridgehead atoms. The first kappa shape index (κ1) is 24.1. The van der Waals surface area contributed by atoms with Crippen LogP contribution in [0.4, 0.5) is 0 Å². The average molecular weight is 510 g/mol. The zero-order valence-electron chi connectivity index (χ0n) is 21.0. The number of rotatable bonds is 6. The molecule has 2 aliphatic rings. The quantitative estimate of drug-likeness (QED) is 0.235. The summed E-state index contributed by atoms with van der Waals surface area (Å²) < 4.78 is 7.80. The molecule has 0 saturated carbocycles. The fraction of sp³-hybridized carbons (Fsp3) is 0.273. The summed E-state index contributed by atoms with van der Waals surface area (Å²) in [5.41, 5.74) is 7.84. The molecule has 2 fully saturated rings. The largest absolute Gasteiger partial charge is 0.217 e. The maximum absolute atomic E-state index is 7.80. The van der Waals surface area contributed by atoms with E-state index in [9.17, 15) is 0 Å². The first-order chi connectivity index (χ1) is 17.7. The molecule has 0 aromatic heterocycles. The highest BCUT2D eigenvalue weighted by Crippen LogP contribution is 2.90. The molecule has 3 heteroatoms.